The molecule has 9 aromatic rings. The molecule has 0 radical (unpaired) electrons. The third-order valence-corrected chi connectivity index (χ3v) is 17.6. The van der Waals surface area contributed by atoms with E-state index < -0.39 is 20.1 Å². The minimum absolute atomic E-state index is 0.945. The van der Waals surface area contributed by atoms with Gasteiger partial charge in [-0.2, -0.15) is 20.1 Å². The van der Waals surface area contributed by atoms with Crippen LogP contribution in [0.15, 0.2) is 188 Å². The van der Waals surface area contributed by atoms with Gasteiger partial charge in [0, 0.05) is 52.9 Å². The molecule has 0 atom stereocenters. The fourth-order valence-electron chi connectivity index (χ4n) is 9.09. The summed E-state index contributed by atoms with van der Waals surface area (Å²) in [4.78, 5) is 8.22. The third-order valence-electron chi connectivity index (χ3n) is 11.8. The Morgan fingerprint density at radius 3 is 1.96 bits per heavy atom. The highest BCUT2D eigenvalue weighted by Gasteiger charge is 2.37. The Bertz CT molecular complexity index is 3010. The molecular weight excluding hydrogens is 695 g/mol. The lowest BCUT2D eigenvalue weighted by Gasteiger charge is -2.32. The molecule has 0 bridgehead atoms. The fraction of sp³-hybridized carbons (Fsp3) is 0.0800. The van der Waals surface area contributed by atoms with Gasteiger partial charge in [-0.15, -0.1) is 0 Å². The molecule has 54 heavy (non-hydrogen) atoms. The SMILES string of the molecule is CS1(C)c2ccccc2-c2c(N(c3ccc(-c4ccc5ccccc5c4)cc3)c3ccc4c(c3)S(C)(C)c3ccc5c(oc6ccccc65)c3-4)cccc21. The van der Waals surface area contributed by atoms with Gasteiger partial charge in [-0.1, -0.05) is 97.1 Å². The molecule has 262 valence electrons. The van der Waals surface area contributed by atoms with Gasteiger partial charge < -0.3 is 9.32 Å². The number of furan rings is 1. The summed E-state index contributed by atoms with van der Waals surface area (Å²) in [5, 5.41) is 4.88. The molecule has 2 aliphatic rings. The molecule has 1 aromatic heterocycles. The zero-order valence-electron chi connectivity index (χ0n) is 30.8. The van der Waals surface area contributed by atoms with Crippen molar-refractivity contribution in [3.63, 3.8) is 0 Å². The minimum atomic E-state index is -1.34. The van der Waals surface area contributed by atoms with E-state index in [9.17, 15) is 0 Å². The maximum Gasteiger partial charge on any atom is 0.144 e. The second-order valence-corrected chi connectivity index (χ2v) is 22.4. The fourth-order valence-corrected chi connectivity index (χ4v) is 14.1. The quantitative estimate of drug-likeness (QED) is 0.179. The molecule has 11 rings (SSSR count). The smallest absolute Gasteiger partial charge is 0.144 e. The Labute approximate surface area is 319 Å². The van der Waals surface area contributed by atoms with Gasteiger partial charge in [0.2, 0.25) is 0 Å². The number of para-hydroxylation sites is 1. The molecular formula is C50H39NOS2. The molecule has 3 heterocycles. The van der Waals surface area contributed by atoms with E-state index in [4.69, 9.17) is 4.42 Å². The number of hydrogen-bond acceptors (Lipinski definition) is 2. The van der Waals surface area contributed by atoms with Gasteiger partial charge in [-0.3, -0.25) is 0 Å². The van der Waals surface area contributed by atoms with Gasteiger partial charge in [0.15, 0.2) is 0 Å². The van der Waals surface area contributed by atoms with Crippen LogP contribution in [0.2, 0.25) is 0 Å². The molecule has 0 N–H and O–H groups in total. The Morgan fingerprint density at radius 2 is 1.09 bits per heavy atom. The maximum atomic E-state index is 6.64. The number of benzene rings is 8. The first-order chi connectivity index (χ1) is 26.3. The standard InChI is InChI=1S/C50H39NOS2/c1-53(2)44-18-10-8-15-40(44)48-42(16-11-19-45(48)53)51(36-24-22-33(23-25-36)35-21-20-32-12-5-6-13-34(32)30-35)37-26-27-41-47(31-37)54(3,4)46-29-28-39-38-14-7-9-17-43(38)52-50(39)49(41)46/h5-31H,1-4H3. The first-order valence-corrected chi connectivity index (χ1v) is 23.4. The van der Waals surface area contributed by atoms with E-state index in [1.54, 1.807) is 0 Å². The van der Waals surface area contributed by atoms with E-state index in [-0.39, 0.29) is 0 Å². The molecule has 2 aliphatic heterocycles. The van der Waals surface area contributed by atoms with E-state index in [2.05, 4.69) is 194 Å². The third kappa shape index (κ3) is 4.44. The van der Waals surface area contributed by atoms with Crippen molar-refractivity contribution in [3.05, 3.63) is 164 Å². The average molecular weight is 734 g/mol. The highest BCUT2D eigenvalue weighted by molar-refractivity contribution is 8.33. The Hall–Kier alpha value is -5.68. The Kier molecular flexibility index (Phi) is 6.72. The van der Waals surface area contributed by atoms with Crippen molar-refractivity contribution in [2.24, 2.45) is 0 Å². The van der Waals surface area contributed by atoms with Crippen LogP contribution in [0.4, 0.5) is 17.1 Å². The van der Waals surface area contributed by atoms with Crippen LogP contribution in [0.25, 0.3) is 66.1 Å². The van der Waals surface area contributed by atoms with Crippen molar-refractivity contribution in [3.8, 4) is 33.4 Å². The van der Waals surface area contributed by atoms with E-state index in [1.807, 2.05) is 0 Å². The summed E-state index contributed by atoms with van der Waals surface area (Å²) in [6.45, 7) is 0. The lowest BCUT2D eigenvalue weighted by molar-refractivity contribution is 0.669. The summed E-state index contributed by atoms with van der Waals surface area (Å²) >= 11 is 0. The second-order valence-electron chi connectivity index (χ2n) is 15.3. The van der Waals surface area contributed by atoms with Crippen LogP contribution >= 0.6 is 20.1 Å². The topological polar surface area (TPSA) is 16.4 Å². The predicted octanol–water partition coefficient (Wildman–Crippen LogP) is 14.8. The van der Waals surface area contributed by atoms with E-state index in [0.29, 0.717) is 0 Å². The molecule has 0 unspecified atom stereocenters. The lowest BCUT2D eigenvalue weighted by Crippen LogP contribution is -2.12. The maximum absolute atomic E-state index is 6.64. The molecule has 0 aliphatic carbocycles. The van der Waals surface area contributed by atoms with Gasteiger partial charge in [-0.25, -0.2) is 0 Å². The van der Waals surface area contributed by atoms with E-state index in [0.717, 1.165) is 16.9 Å². The summed E-state index contributed by atoms with van der Waals surface area (Å²) in [6, 6.07) is 60.8. The largest absolute Gasteiger partial charge is 0.455 e. The first kappa shape index (κ1) is 31.8. The monoisotopic (exact) mass is 733 g/mol. The molecule has 8 aromatic carbocycles. The van der Waals surface area contributed by atoms with Gasteiger partial charge in [0.25, 0.3) is 0 Å². The molecule has 0 spiro atoms. The zero-order chi connectivity index (χ0) is 36.3. The van der Waals surface area contributed by atoms with Crippen molar-refractivity contribution in [2.45, 2.75) is 19.6 Å². The van der Waals surface area contributed by atoms with Crippen molar-refractivity contribution in [2.75, 3.05) is 29.9 Å². The van der Waals surface area contributed by atoms with Crippen molar-refractivity contribution in [1.82, 2.24) is 0 Å². The average Bonchev–Trinajstić information content (AvgIpc) is 3.78. The molecule has 0 amide bonds. The Morgan fingerprint density at radius 1 is 0.426 bits per heavy atom. The van der Waals surface area contributed by atoms with Crippen LogP contribution < -0.4 is 4.90 Å². The first-order valence-electron chi connectivity index (χ1n) is 18.5. The van der Waals surface area contributed by atoms with E-state index >= 15 is 0 Å². The normalized spacial score (nSPS) is 15.8. The summed E-state index contributed by atoms with van der Waals surface area (Å²) in [5.74, 6) is 0. The van der Waals surface area contributed by atoms with Crippen LogP contribution in [-0.2, 0) is 0 Å². The number of rotatable bonds is 4. The summed E-state index contributed by atoms with van der Waals surface area (Å²) in [6.07, 6.45) is 9.78. The highest BCUT2D eigenvalue weighted by atomic mass is 32.3. The second kappa shape index (κ2) is 11.4. The van der Waals surface area contributed by atoms with Crippen LogP contribution in [0, 0.1) is 0 Å². The van der Waals surface area contributed by atoms with Crippen molar-refractivity contribution >= 4 is 69.8 Å². The van der Waals surface area contributed by atoms with Crippen LogP contribution in [-0.4, -0.2) is 25.0 Å². The van der Waals surface area contributed by atoms with Gasteiger partial charge in [0.05, 0.1) is 5.69 Å². The molecule has 0 fully saturated rings. The number of anilines is 3. The van der Waals surface area contributed by atoms with Crippen molar-refractivity contribution < 1.29 is 4.42 Å². The lowest BCUT2D eigenvalue weighted by atomic mass is 9.99. The van der Waals surface area contributed by atoms with Crippen LogP contribution in [0.5, 0.6) is 0 Å². The van der Waals surface area contributed by atoms with E-state index in [1.165, 1.54) is 85.9 Å². The summed E-state index contributed by atoms with van der Waals surface area (Å²) < 4.78 is 6.64. The molecule has 4 heteroatoms. The number of fused-ring (bicyclic) bond motifs is 11. The van der Waals surface area contributed by atoms with Gasteiger partial charge >= 0.3 is 0 Å². The van der Waals surface area contributed by atoms with Crippen LogP contribution in [0.1, 0.15) is 0 Å². The van der Waals surface area contributed by atoms with Gasteiger partial charge in [-0.05, 0) is 125 Å². The van der Waals surface area contributed by atoms with Crippen molar-refractivity contribution in [1.29, 1.82) is 0 Å². The zero-order valence-corrected chi connectivity index (χ0v) is 32.4. The summed E-state index contributed by atoms with van der Waals surface area (Å²) in [7, 11) is -2.51. The molecule has 0 saturated carbocycles. The summed E-state index contributed by atoms with van der Waals surface area (Å²) in [5.41, 5.74) is 13.2. The Balaban J connectivity index is 1.11. The molecule has 2 nitrogen and oxygen atoms in total. The number of nitrogens with zero attached hydrogens (tertiary/aromatic N) is 1. The molecule has 0 saturated heterocycles. The van der Waals surface area contributed by atoms with Crippen LogP contribution in [0.3, 0.4) is 0 Å². The minimum Gasteiger partial charge on any atom is -0.455 e. The van der Waals surface area contributed by atoms with Gasteiger partial charge in [0.1, 0.15) is 11.2 Å². The highest BCUT2D eigenvalue weighted by Crippen LogP contribution is 2.71. The number of hydrogen-bond donors (Lipinski definition) is 0. The predicted molar refractivity (Wildman–Crippen MR) is 234 cm³/mol.